The number of hydrogen-bond acceptors (Lipinski definition) is 4. The van der Waals surface area contributed by atoms with E-state index in [0.29, 0.717) is 12.4 Å². The number of nitrogens with one attached hydrogen (secondary N) is 1. The molecule has 14 heavy (non-hydrogen) atoms. The number of thioether (sulfide) groups is 1. The first kappa shape index (κ1) is 13.7. The molecule has 2 N–H and O–H groups in total. The van der Waals surface area contributed by atoms with Crippen LogP contribution in [-0.4, -0.2) is 48.9 Å². The van der Waals surface area contributed by atoms with E-state index < -0.39 is 0 Å². The minimum atomic E-state index is 0.0255. The van der Waals surface area contributed by atoms with E-state index in [2.05, 4.69) is 5.32 Å². The van der Waals surface area contributed by atoms with Gasteiger partial charge in [0.15, 0.2) is 0 Å². The monoisotopic (exact) mass is 221 g/mol. The van der Waals surface area contributed by atoms with Crippen molar-refractivity contribution in [2.45, 2.75) is 19.4 Å². The molecule has 0 saturated heterocycles. The number of carbonyl (C=O) groups is 1. The minimum Gasteiger partial charge on any atom is -0.396 e. The van der Waals surface area contributed by atoms with Gasteiger partial charge in [0, 0.05) is 19.8 Å². The van der Waals surface area contributed by atoms with Crippen molar-refractivity contribution in [1.29, 1.82) is 0 Å². The van der Waals surface area contributed by atoms with Gasteiger partial charge in [-0.3, -0.25) is 4.79 Å². The Morgan fingerprint density at radius 1 is 1.64 bits per heavy atom. The number of methoxy groups -OCH3 is 1. The summed E-state index contributed by atoms with van der Waals surface area (Å²) in [5.41, 5.74) is 0. The van der Waals surface area contributed by atoms with Gasteiger partial charge in [0.1, 0.15) is 0 Å². The second kappa shape index (κ2) is 9.30. The molecule has 0 aromatic carbocycles. The van der Waals surface area contributed by atoms with Crippen molar-refractivity contribution in [1.82, 2.24) is 5.32 Å². The smallest absolute Gasteiger partial charge is 0.230 e. The largest absolute Gasteiger partial charge is 0.396 e. The summed E-state index contributed by atoms with van der Waals surface area (Å²) in [5.74, 6) is 1.30. The van der Waals surface area contributed by atoms with E-state index in [1.807, 2.05) is 6.92 Å². The van der Waals surface area contributed by atoms with E-state index in [-0.39, 0.29) is 18.6 Å². The van der Waals surface area contributed by atoms with Gasteiger partial charge in [0.25, 0.3) is 0 Å². The van der Waals surface area contributed by atoms with Gasteiger partial charge in [0.2, 0.25) is 5.91 Å². The summed E-state index contributed by atoms with van der Waals surface area (Å²) in [6.45, 7) is 2.63. The highest BCUT2D eigenvalue weighted by molar-refractivity contribution is 7.99. The first-order valence-electron chi connectivity index (χ1n) is 4.67. The highest BCUT2D eigenvalue weighted by atomic mass is 32.2. The number of hydrogen-bond donors (Lipinski definition) is 2. The van der Waals surface area contributed by atoms with Gasteiger partial charge in [-0.2, -0.15) is 11.8 Å². The molecule has 4 nitrogen and oxygen atoms in total. The predicted octanol–water partition coefficient (Wildman–Crippen LogP) is 0.253. The Morgan fingerprint density at radius 2 is 2.36 bits per heavy atom. The predicted molar refractivity (Wildman–Crippen MR) is 58.5 cm³/mol. The third-order valence-corrected chi connectivity index (χ3v) is 2.55. The number of rotatable bonds is 8. The SMILES string of the molecule is COCC(C)NC(=O)CSCCCO. The molecular weight excluding hydrogens is 202 g/mol. The maximum atomic E-state index is 11.2. The Balaban J connectivity index is 3.35. The molecule has 1 amide bonds. The van der Waals surface area contributed by atoms with Gasteiger partial charge < -0.3 is 15.2 Å². The van der Waals surface area contributed by atoms with Crippen LogP contribution in [0.2, 0.25) is 0 Å². The van der Waals surface area contributed by atoms with Crippen molar-refractivity contribution in [2.75, 3.05) is 31.8 Å². The zero-order valence-electron chi connectivity index (χ0n) is 8.78. The fraction of sp³-hybridized carbons (Fsp3) is 0.889. The van der Waals surface area contributed by atoms with Gasteiger partial charge in [-0.05, 0) is 19.1 Å². The average Bonchev–Trinajstić information content (AvgIpc) is 2.13. The van der Waals surface area contributed by atoms with Crippen LogP contribution < -0.4 is 5.32 Å². The zero-order valence-corrected chi connectivity index (χ0v) is 9.60. The Hall–Kier alpha value is -0.260. The molecule has 0 saturated carbocycles. The Morgan fingerprint density at radius 3 is 2.93 bits per heavy atom. The summed E-state index contributed by atoms with van der Waals surface area (Å²) in [5, 5.41) is 11.3. The summed E-state index contributed by atoms with van der Waals surface area (Å²) < 4.78 is 4.89. The van der Waals surface area contributed by atoms with Crippen molar-refractivity contribution in [3.05, 3.63) is 0 Å². The Kier molecular flexibility index (Phi) is 9.13. The molecule has 0 aromatic rings. The molecule has 1 atom stereocenters. The molecule has 0 spiro atoms. The third kappa shape index (κ3) is 8.34. The maximum Gasteiger partial charge on any atom is 0.230 e. The second-order valence-corrected chi connectivity index (χ2v) is 4.16. The molecule has 0 aliphatic heterocycles. The topological polar surface area (TPSA) is 58.6 Å². The molecule has 0 aromatic heterocycles. The molecule has 0 radical (unpaired) electrons. The lowest BCUT2D eigenvalue weighted by Gasteiger charge is -2.12. The van der Waals surface area contributed by atoms with Crippen LogP contribution in [0, 0.1) is 0 Å². The summed E-state index contributed by atoms with van der Waals surface area (Å²) in [6.07, 6.45) is 0.742. The van der Waals surface area contributed by atoms with E-state index in [4.69, 9.17) is 9.84 Å². The van der Waals surface area contributed by atoms with Gasteiger partial charge in [0.05, 0.1) is 12.4 Å². The second-order valence-electron chi connectivity index (χ2n) is 3.05. The first-order chi connectivity index (χ1) is 6.70. The quantitative estimate of drug-likeness (QED) is 0.577. The third-order valence-electron chi connectivity index (χ3n) is 1.50. The van der Waals surface area contributed by atoms with E-state index in [1.54, 1.807) is 7.11 Å². The lowest BCUT2D eigenvalue weighted by atomic mass is 10.3. The van der Waals surface area contributed by atoms with Crippen LogP contribution in [0.4, 0.5) is 0 Å². The van der Waals surface area contributed by atoms with Crippen LogP contribution in [0.1, 0.15) is 13.3 Å². The highest BCUT2D eigenvalue weighted by Crippen LogP contribution is 2.01. The summed E-state index contributed by atoms with van der Waals surface area (Å²) in [7, 11) is 1.61. The number of aliphatic hydroxyl groups excluding tert-OH is 1. The van der Waals surface area contributed by atoms with Crippen molar-refractivity contribution in [3.63, 3.8) is 0 Å². The van der Waals surface area contributed by atoms with Gasteiger partial charge in [-0.15, -0.1) is 0 Å². The van der Waals surface area contributed by atoms with Crippen LogP contribution >= 0.6 is 11.8 Å². The molecule has 0 aliphatic rings. The normalized spacial score (nSPS) is 12.5. The molecular formula is C9H19NO3S. The minimum absolute atomic E-state index is 0.0255. The molecule has 0 heterocycles. The van der Waals surface area contributed by atoms with Gasteiger partial charge in [-0.1, -0.05) is 0 Å². The maximum absolute atomic E-state index is 11.2. The fourth-order valence-electron chi connectivity index (χ4n) is 0.940. The van der Waals surface area contributed by atoms with Crippen molar-refractivity contribution < 1.29 is 14.6 Å². The lowest BCUT2D eigenvalue weighted by Crippen LogP contribution is -2.36. The van der Waals surface area contributed by atoms with E-state index >= 15 is 0 Å². The molecule has 0 fully saturated rings. The van der Waals surface area contributed by atoms with Crippen LogP contribution in [0.25, 0.3) is 0 Å². The van der Waals surface area contributed by atoms with Gasteiger partial charge >= 0.3 is 0 Å². The van der Waals surface area contributed by atoms with E-state index in [0.717, 1.165) is 12.2 Å². The molecule has 1 unspecified atom stereocenters. The number of ether oxygens (including phenoxy) is 1. The summed E-state index contributed by atoms with van der Waals surface area (Å²) >= 11 is 1.53. The number of aliphatic hydroxyl groups is 1. The molecule has 84 valence electrons. The summed E-state index contributed by atoms with van der Waals surface area (Å²) in [4.78, 5) is 11.2. The van der Waals surface area contributed by atoms with Crippen molar-refractivity contribution in [2.24, 2.45) is 0 Å². The zero-order chi connectivity index (χ0) is 10.8. The lowest BCUT2D eigenvalue weighted by molar-refractivity contribution is -0.119. The summed E-state index contributed by atoms with van der Waals surface area (Å²) in [6, 6.07) is 0.0611. The van der Waals surface area contributed by atoms with Crippen LogP contribution in [0.5, 0.6) is 0 Å². The van der Waals surface area contributed by atoms with Crippen molar-refractivity contribution >= 4 is 17.7 Å². The number of carbonyl (C=O) groups excluding carboxylic acids is 1. The molecule has 0 aliphatic carbocycles. The van der Waals surface area contributed by atoms with Gasteiger partial charge in [-0.25, -0.2) is 0 Å². The van der Waals surface area contributed by atoms with Crippen LogP contribution in [0.15, 0.2) is 0 Å². The highest BCUT2D eigenvalue weighted by Gasteiger charge is 2.06. The Bertz CT molecular complexity index is 155. The average molecular weight is 221 g/mol. The Labute approximate surface area is 89.4 Å². The van der Waals surface area contributed by atoms with Crippen LogP contribution in [-0.2, 0) is 9.53 Å². The van der Waals surface area contributed by atoms with Crippen LogP contribution in [0.3, 0.4) is 0 Å². The number of amides is 1. The molecule has 0 rings (SSSR count). The first-order valence-corrected chi connectivity index (χ1v) is 5.83. The van der Waals surface area contributed by atoms with Crippen molar-refractivity contribution in [3.8, 4) is 0 Å². The molecule has 5 heteroatoms. The fourth-order valence-corrected chi connectivity index (χ4v) is 1.69. The van der Waals surface area contributed by atoms with E-state index in [1.165, 1.54) is 11.8 Å². The standard InChI is InChI=1S/C9H19NO3S/c1-8(6-13-2)10-9(12)7-14-5-3-4-11/h8,11H,3-7H2,1-2H3,(H,10,12). The van der Waals surface area contributed by atoms with E-state index in [9.17, 15) is 4.79 Å². The molecule has 0 bridgehead atoms.